The van der Waals surface area contributed by atoms with Crippen molar-refractivity contribution in [3.63, 3.8) is 0 Å². The molecule has 3 aromatic rings. The van der Waals surface area contributed by atoms with Crippen molar-refractivity contribution in [1.82, 2.24) is 5.32 Å². The monoisotopic (exact) mass is 398 g/mol. The van der Waals surface area contributed by atoms with Gasteiger partial charge in [0.05, 0.1) is 0 Å². The van der Waals surface area contributed by atoms with Gasteiger partial charge in [-0.1, -0.05) is 59.6 Å². The zero-order chi connectivity index (χ0) is 19.2. The lowest BCUT2D eigenvalue weighted by Gasteiger charge is -2.09. The van der Waals surface area contributed by atoms with Gasteiger partial charge in [-0.05, 0) is 42.0 Å². The molecular weight excluding hydrogens is 383 g/mol. The van der Waals surface area contributed by atoms with Crippen LogP contribution in [-0.4, -0.2) is 11.8 Å². The Bertz CT molecular complexity index is 955. The van der Waals surface area contributed by atoms with Gasteiger partial charge in [0.25, 0.3) is 11.8 Å². The SMILES string of the molecule is O=C(NCc1ccccc1)c1cccc(C(=O)Nc2cc(Cl)cc(Cl)c2)c1. The molecule has 0 atom stereocenters. The van der Waals surface area contributed by atoms with Crippen LogP contribution in [0.25, 0.3) is 0 Å². The third-order valence-corrected chi connectivity index (χ3v) is 4.24. The fourth-order valence-electron chi connectivity index (χ4n) is 2.51. The van der Waals surface area contributed by atoms with Crippen LogP contribution in [0.4, 0.5) is 5.69 Å². The summed E-state index contributed by atoms with van der Waals surface area (Å²) in [5.74, 6) is -0.606. The van der Waals surface area contributed by atoms with Crippen molar-refractivity contribution < 1.29 is 9.59 Å². The summed E-state index contributed by atoms with van der Waals surface area (Å²) in [4.78, 5) is 24.8. The number of nitrogens with one attached hydrogen (secondary N) is 2. The second-order valence-electron chi connectivity index (χ2n) is 5.86. The first kappa shape index (κ1) is 19.0. The van der Waals surface area contributed by atoms with Gasteiger partial charge in [0, 0.05) is 33.4 Å². The molecule has 2 N–H and O–H groups in total. The molecular formula is C21H16Cl2N2O2. The summed E-state index contributed by atoms with van der Waals surface area (Å²) in [5, 5.41) is 6.41. The van der Waals surface area contributed by atoms with Crippen LogP contribution in [0.2, 0.25) is 10.0 Å². The van der Waals surface area contributed by atoms with Gasteiger partial charge in [0.2, 0.25) is 0 Å². The van der Waals surface area contributed by atoms with Gasteiger partial charge < -0.3 is 10.6 Å². The highest BCUT2D eigenvalue weighted by molar-refractivity contribution is 6.35. The van der Waals surface area contributed by atoms with Gasteiger partial charge >= 0.3 is 0 Å². The summed E-state index contributed by atoms with van der Waals surface area (Å²) in [6.07, 6.45) is 0. The van der Waals surface area contributed by atoms with E-state index in [1.807, 2.05) is 30.3 Å². The summed E-state index contributed by atoms with van der Waals surface area (Å²) in [7, 11) is 0. The van der Waals surface area contributed by atoms with Gasteiger partial charge in [-0.3, -0.25) is 9.59 Å². The van der Waals surface area contributed by atoms with Crippen LogP contribution in [0.1, 0.15) is 26.3 Å². The fraction of sp³-hybridized carbons (Fsp3) is 0.0476. The number of hydrogen-bond donors (Lipinski definition) is 2. The number of benzene rings is 3. The zero-order valence-electron chi connectivity index (χ0n) is 14.2. The first-order valence-electron chi connectivity index (χ1n) is 8.21. The quantitative estimate of drug-likeness (QED) is 0.622. The van der Waals surface area contributed by atoms with Crippen molar-refractivity contribution in [3.8, 4) is 0 Å². The Morgan fingerprint density at radius 2 is 1.37 bits per heavy atom. The highest BCUT2D eigenvalue weighted by Gasteiger charge is 2.11. The van der Waals surface area contributed by atoms with E-state index < -0.39 is 0 Å². The fourth-order valence-corrected chi connectivity index (χ4v) is 3.04. The molecule has 0 aliphatic rings. The van der Waals surface area contributed by atoms with Crippen LogP contribution in [0.15, 0.2) is 72.8 Å². The molecule has 0 aromatic heterocycles. The van der Waals surface area contributed by atoms with Crippen molar-refractivity contribution in [2.45, 2.75) is 6.54 Å². The Morgan fingerprint density at radius 1 is 0.741 bits per heavy atom. The average molecular weight is 399 g/mol. The normalized spacial score (nSPS) is 10.3. The first-order valence-corrected chi connectivity index (χ1v) is 8.96. The van der Waals surface area contributed by atoms with E-state index in [0.29, 0.717) is 33.4 Å². The molecule has 27 heavy (non-hydrogen) atoms. The van der Waals surface area contributed by atoms with Crippen LogP contribution in [0, 0.1) is 0 Å². The molecule has 0 saturated carbocycles. The third-order valence-electron chi connectivity index (χ3n) is 3.80. The van der Waals surface area contributed by atoms with Crippen LogP contribution < -0.4 is 10.6 Å². The lowest BCUT2D eigenvalue weighted by molar-refractivity contribution is 0.0951. The molecule has 0 heterocycles. The van der Waals surface area contributed by atoms with Gasteiger partial charge in [0.1, 0.15) is 0 Å². The number of carbonyl (C=O) groups is 2. The van der Waals surface area contributed by atoms with E-state index in [1.165, 1.54) is 0 Å². The van der Waals surface area contributed by atoms with Crippen molar-refractivity contribution in [2.75, 3.05) is 5.32 Å². The molecule has 0 fully saturated rings. The van der Waals surface area contributed by atoms with Crippen molar-refractivity contribution in [1.29, 1.82) is 0 Å². The minimum atomic E-state index is -0.356. The molecule has 3 aromatic carbocycles. The maximum Gasteiger partial charge on any atom is 0.255 e. The maximum atomic E-state index is 12.5. The zero-order valence-corrected chi connectivity index (χ0v) is 15.7. The minimum absolute atomic E-state index is 0.251. The molecule has 4 nitrogen and oxygen atoms in total. The second kappa shape index (κ2) is 8.71. The average Bonchev–Trinajstić information content (AvgIpc) is 2.66. The number of halogens is 2. The third kappa shape index (κ3) is 5.33. The van der Waals surface area contributed by atoms with Gasteiger partial charge in [0.15, 0.2) is 0 Å². The van der Waals surface area contributed by atoms with E-state index in [1.54, 1.807) is 42.5 Å². The van der Waals surface area contributed by atoms with E-state index in [9.17, 15) is 9.59 Å². The molecule has 0 spiro atoms. The summed E-state index contributed by atoms with van der Waals surface area (Å²) >= 11 is 11.9. The molecule has 2 amide bonds. The van der Waals surface area contributed by atoms with Crippen LogP contribution in [-0.2, 0) is 6.54 Å². The summed E-state index contributed by atoms with van der Waals surface area (Å²) < 4.78 is 0. The Morgan fingerprint density at radius 3 is 2.04 bits per heavy atom. The number of carbonyl (C=O) groups excluding carboxylic acids is 2. The maximum absolute atomic E-state index is 12.5. The van der Waals surface area contributed by atoms with Crippen molar-refractivity contribution in [2.24, 2.45) is 0 Å². The molecule has 0 saturated heterocycles. The van der Waals surface area contributed by atoms with E-state index in [2.05, 4.69) is 10.6 Å². The summed E-state index contributed by atoms with van der Waals surface area (Å²) in [6, 6.07) is 20.9. The predicted octanol–water partition coefficient (Wildman–Crippen LogP) is 5.18. The van der Waals surface area contributed by atoms with Crippen molar-refractivity contribution >= 4 is 40.7 Å². The standard InChI is InChI=1S/C21H16Cl2N2O2/c22-17-10-18(23)12-19(11-17)25-21(27)16-8-4-7-15(9-16)20(26)24-13-14-5-2-1-3-6-14/h1-12H,13H2,(H,24,26)(H,25,27). The molecule has 0 aliphatic heterocycles. The number of rotatable bonds is 5. The minimum Gasteiger partial charge on any atom is -0.348 e. The molecule has 0 bridgehead atoms. The van der Waals surface area contributed by atoms with Crippen LogP contribution in [0.5, 0.6) is 0 Å². The molecule has 0 aliphatic carbocycles. The number of hydrogen-bond acceptors (Lipinski definition) is 2. The highest BCUT2D eigenvalue weighted by Crippen LogP contribution is 2.23. The van der Waals surface area contributed by atoms with E-state index in [4.69, 9.17) is 23.2 Å². The van der Waals surface area contributed by atoms with Crippen LogP contribution >= 0.6 is 23.2 Å². The van der Waals surface area contributed by atoms with Gasteiger partial charge in [-0.15, -0.1) is 0 Å². The van der Waals surface area contributed by atoms with E-state index in [0.717, 1.165) is 5.56 Å². The van der Waals surface area contributed by atoms with Crippen LogP contribution in [0.3, 0.4) is 0 Å². The largest absolute Gasteiger partial charge is 0.348 e. The molecule has 136 valence electrons. The van der Waals surface area contributed by atoms with E-state index in [-0.39, 0.29) is 11.8 Å². The van der Waals surface area contributed by atoms with Gasteiger partial charge in [-0.25, -0.2) is 0 Å². The lowest BCUT2D eigenvalue weighted by Crippen LogP contribution is -2.23. The second-order valence-corrected chi connectivity index (χ2v) is 6.73. The lowest BCUT2D eigenvalue weighted by atomic mass is 10.1. The number of amides is 2. The Balaban J connectivity index is 1.68. The van der Waals surface area contributed by atoms with E-state index >= 15 is 0 Å². The van der Waals surface area contributed by atoms with Crippen molar-refractivity contribution in [3.05, 3.63) is 99.5 Å². The molecule has 3 rings (SSSR count). The predicted molar refractivity (Wildman–Crippen MR) is 108 cm³/mol. The first-order chi connectivity index (χ1) is 13.0. The summed E-state index contributed by atoms with van der Waals surface area (Å²) in [5.41, 5.74) is 2.25. The topological polar surface area (TPSA) is 58.2 Å². The molecule has 6 heteroatoms. The molecule has 0 unspecified atom stereocenters. The Hall–Kier alpha value is -2.82. The molecule has 0 radical (unpaired) electrons. The van der Waals surface area contributed by atoms with Gasteiger partial charge in [-0.2, -0.15) is 0 Å². The Kier molecular flexibility index (Phi) is 6.12. The highest BCUT2D eigenvalue weighted by atomic mass is 35.5. The number of anilines is 1. The summed E-state index contributed by atoms with van der Waals surface area (Å²) in [6.45, 7) is 0.414. The Labute approximate surface area is 167 Å². The smallest absolute Gasteiger partial charge is 0.255 e.